The summed E-state index contributed by atoms with van der Waals surface area (Å²) in [6.07, 6.45) is 2.12. The van der Waals surface area contributed by atoms with Gasteiger partial charge < -0.3 is 0 Å². The molecule has 2 N–H and O–H groups in total. The third-order valence-electron chi connectivity index (χ3n) is 3.86. The van der Waals surface area contributed by atoms with Gasteiger partial charge in [0.1, 0.15) is 4.90 Å². The predicted molar refractivity (Wildman–Crippen MR) is 80.3 cm³/mol. The number of sulfonamides is 1. The van der Waals surface area contributed by atoms with Crippen LogP contribution < -0.4 is 4.72 Å². The summed E-state index contributed by atoms with van der Waals surface area (Å²) in [4.78, 5) is 0.268. The lowest BCUT2D eigenvalue weighted by atomic mass is 10.0. The van der Waals surface area contributed by atoms with E-state index in [9.17, 15) is 8.42 Å². The Morgan fingerprint density at radius 1 is 1.24 bits per heavy atom. The van der Waals surface area contributed by atoms with Crippen LogP contribution >= 0.6 is 0 Å². The summed E-state index contributed by atoms with van der Waals surface area (Å²) >= 11 is 0. The van der Waals surface area contributed by atoms with E-state index in [1.807, 2.05) is 30.3 Å². The van der Waals surface area contributed by atoms with Gasteiger partial charge in [0, 0.05) is 6.04 Å². The van der Waals surface area contributed by atoms with Crippen molar-refractivity contribution in [3.05, 3.63) is 47.3 Å². The summed E-state index contributed by atoms with van der Waals surface area (Å²) in [6.45, 7) is 3.43. The zero-order valence-electron chi connectivity index (χ0n) is 12.1. The van der Waals surface area contributed by atoms with Crippen LogP contribution in [0.3, 0.4) is 0 Å². The molecule has 0 amide bonds. The van der Waals surface area contributed by atoms with Crippen molar-refractivity contribution in [2.45, 2.75) is 37.6 Å². The highest BCUT2D eigenvalue weighted by atomic mass is 32.2. The van der Waals surface area contributed by atoms with Gasteiger partial charge in [-0.2, -0.15) is 5.10 Å². The van der Waals surface area contributed by atoms with Crippen LogP contribution in [0.2, 0.25) is 0 Å². The lowest BCUT2D eigenvalue weighted by Gasteiger charge is -2.19. The number of hydrogen-bond acceptors (Lipinski definition) is 3. The Morgan fingerprint density at radius 3 is 2.43 bits per heavy atom. The molecule has 0 saturated heterocycles. The van der Waals surface area contributed by atoms with Gasteiger partial charge in [-0.05, 0) is 38.2 Å². The van der Waals surface area contributed by atoms with Crippen molar-refractivity contribution in [3.63, 3.8) is 0 Å². The number of hydrogen-bond donors (Lipinski definition) is 2. The zero-order valence-corrected chi connectivity index (χ0v) is 12.9. The first-order chi connectivity index (χ1) is 9.99. The summed E-state index contributed by atoms with van der Waals surface area (Å²) in [6, 6.07) is 9.60. The first-order valence-electron chi connectivity index (χ1n) is 7.08. The summed E-state index contributed by atoms with van der Waals surface area (Å²) in [7, 11) is -3.57. The molecule has 1 fully saturated rings. The molecule has 6 heteroatoms. The fourth-order valence-corrected chi connectivity index (χ4v) is 4.35. The van der Waals surface area contributed by atoms with Crippen molar-refractivity contribution >= 4 is 10.0 Å². The second kappa shape index (κ2) is 5.27. The number of aromatic amines is 1. The maximum absolute atomic E-state index is 12.7. The highest BCUT2D eigenvalue weighted by Gasteiger charge is 2.36. The van der Waals surface area contributed by atoms with E-state index >= 15 is 0 Å². The van der Waals surface area contributed by atoms with Gasteiger partial charge in [0.15, 0.2) is 0 Å². The van der Waals surface area contributed by atoms with Crippen LogP contribution in [0.25, 0.3) is 0 Å². The van der Waals surface area contributed by atoms with Crippen LogP contribution in [-0.2, 0) is 10.0 Å². The van der Waals surface area contributed by atoms with Gasteiger partial charge >= 0.3 is 0 Å². The first kappa shape index (κ1) is 14.3. The highest BCUT2D eigenvalue weighted by molar-refractivity contribution is 7.89. The van der Waals surface area contributed by atoms with Crippen molar-refractivity contribution in [2.75, 3.05) is 0 Å². The van der Waals surface area contributed by atoms with Gasteiger partial charge in [-0.25, -0.2) is 13.1 Å². The minimum absolute atomic E-state index is 0.162. The minimum atomic E-state index is -3.57. The second-order valence-electron chi connectivity index (χ2n) is 5.61. The summed E-state index contributed by atoms with van der Waals surface area (Å²) in [5.74, 6) is 0.384. The molecule has 0 bridgehead atoms. The molecular formula is C15H19N3O2S. The molecule has 1 aliphatic carbocycles. The summed E-state index contributed by atoms with van der Waals surface area (Å²) in [5.41, 5.74) is 2.09. The van der Waals surface area contributed by atoms with Gasteiger partial charge in [0.05, 0.1) is 11.4 Å². The Hall–Kier alpha value is -1.66. The number of rotatable bonds is 5. The maximum atomic E-state index is 12.7. The number of nitrogens with zero attached hydrogens (tertiary/aromatic N) is 1. The Bertz CT molecular complexity index is 714. The van der Waals surface area contributed by atoms with Crippen molar-refractivity contribution in [1.82, 2.24) is 14.9 Å². The molecule has 2 aromatic rings. The summed E-state index contributed by atoms with van der Waals surface area (Å²) < 4.78 is 28.2. The van der Waals surface area contributed by atoms with Gasteiger partial charge in [-0.3, -0.25) is 5.10 Å². The summed E-state index contributed by atoms with van der Waals surface area (Å²) in [5, 5.41) is 6.71. The van der Waals surface area contributed by atoms with E-state index < -0.39 is 10.0 Å². The lowest BCUT2D eigenvalue weighted by Crippen LogP contribution is -2.30. The fourth-order valence-electron chi connectivity index (χ4n) is 2.69. The molecule has 1 aromatic heterocycles. The normalized spacial score (nSPS) is 16.9. The first-order valence-corrected chi connectivity index (χ1v) is 8.56. The van der Waals surface area contributed by atoms with Crippen LogP contribution in [0.15, 0.2) is 35.2 Å². The number of aryl methyl sites for hydroxylation is 2. The Kier molecular flexibility index (Phi) is 3.59. The fraction of sp³-hybridized carbons (Fsp3) is 0.400. The lowest BCUT2D eigenvalue weighted by molar-refractivity contribution is 0.528. The predicted octanol–water partition coefficient (Wildman–Crippen LogP) is 2.46. The molecule has 1 atom stereocenters. The Labute approximate surface area is 124 Å². The van der Waals surface area contributed by atoms with Crippen LogP contribution in [0.4, 0.5) is 0 Å². The van der Waals surface area contributed by atoms with Crippen LogP contribution in [0.5, 0.6) is 0 Å². The van der Waals surface area contributed by atoms with Gasteiger partial charge in [0.25, 0.3) is 0 Å². The molecule has 1 aliphatic rings. The van der Waals surface area contributed by atoms with E-state index in [0.717, 1.165) is 18.4 Å². The largest absolute Gasteiger partial charge is 0.281 e. The second-order valence-corrected chi connectivity index (χ2v) is 7.26. The van der Waals surface area contributed by atoms with Crippen molar-refractivity contribution in [1.29, 1.82) is 0 Å². The van der Waals surface area contributed by atoms with E-state index in [-0.39, 0.29) is 10.9 Å². The number of benzene rings is 1. The Morgan fingerprint density at radius 2 is 1.90 bits per heavy atom. The average Bonchev–Trinajstić information content (AvgIpc) is 3.23. The molecule has 0 spiro atoms. The highest BCUT2D eigenvalue weighted by Crippen LogP contribution is 2.41. The zero-order chi connectivity index (χ0) is 15.0. The third kappa shape index (κ3) is 2.87. The van der Waals surface area contributed by atoms with E-state index in [4.69, 9.17) is 0 Å². The number of nitrogens with one attached hydrogen (secondary N) is 2. The van der Waals surface area contributed by atoms with Crippen molar-refractivity contribution in [3.8, 4) is 0 Å². The van der Waals surface area contributed by atoms with E-state index in [2.05, 4.69) is 14.9 Å². The maximum Gasteiger partial charge on any atom is 0.244 e. The molecule has 1 aromatic carbocycles. The standard InChI is InChI=1S/C15H19N3O2S/c1-10-15(11(2)17-16-10)21(19,20)18-14(13-8-9-13)12-6-4-3-5-7-12/h3-7,13-14,18H,8-9H2,1-2H3,(H,16,17). The average molecular weight is 305 g/mol. The SMILES string of the molecule is Cc1n[nH]c(C)c1S(=O)(=O)NC(c1ccccc1)C1CC1. The number of H-pyrrole nitrogens is 1. The van der Waals surface area contributed by atoms with Gasteiger partial charge in [-0.1, -0.05) is 30.3 Å². The number of aromatic nitrogens is 2. The van der Waals surface area contributed by atoms with Crippen LogP contribution in [-0.4, -0.2) is 18.6 Å². The van der Waals surface area contributed by atoms with Crippen molar-refractivity contribution < 1.29 is 8.42 Å². The van der Waals surface area contributed by atoms with Gasteiger partial charge in [-0.15, -0.1) is 0 Å². The minimum Gasteiger partial charge on any atom is -0.281 e. The quantitative estimate of drug-likeness (QED) is 0.891. The molecular weight excluding hydrogens is 286 g/mol. The van der Waals surface area contributed by atoms with Crippen molar-refractivity contribution in [2.24, 2.45) is 5.92 Å². The molecule has 0 radical (unpaired) electrons. The van der Waals surface area contributed by atoms with Crippen LogP contribution in [0.1, 0.15) is 35.8 Å². The third-order valence-corrected chi connectivity index (χ3v) is 5.57. The van der Waals surface area contributed by atoms with E-state index in [1.54, 1.807) is 13.8 Å². The smallest absolute Gasteiger partial charge is 0.244 e. The molecule has 0 aliphatic heterocycles. The molecule has 1 unspecified atom stereocenters. The van der Waals surface area contributed by atoms with Crippen LogP contribution in [0, 0.1) is 19.8 Å². The molecule has 1 saturated carbocycles. The molecule has 5 nitrogen and oxygen atoms in total. The monoisotopic (exact) mass is 305 g/mol. The molecule has 1 heterocycles. The topological polar surface area (TPSA) is 74.8 Å². The molecule has 112 valence electrons. The molecule has 21 heavy (non-hydrogen) atoms. The molecule has 3 rings (SSSR count). The Balaban J connectivity index is 1.93. The van der Waals surface area contributed by atoms with E-state index in [1.165, 1.54) is 0 Å². The van der Waals surface area contributed by atoms with Gasteiger partial charge in [0.2, 0.25) is 10.0 Å². The van der Waals surface area contributed by atoms with E-state index in [0.29, 0.717) is 17.3 Å².